The van der Waals surface area contributed by atoms with Crippen LogP contribution in [0.2, 0.25) is 0 Å². The Balaban J connectivity index is 2.93. The fourth-order valence-electron chi connectivity index (χ4n) is 1.33. The number of hydrogen-bond acceptors (Lipinski definition) is 4. The van der Waals surface area contributed by atoms with Crippen molar-refractivity contribution >= 4 is 12.0 Å². The molecule has 1 aromatic rings. The maximum absolute atomic E-state index is 11.4. The fourth-order valence-corrected chi connectivity index (χ4v) is 1.33. The zero-order chi connectivity index (χ0) is 12.7. The molecule has 0 unspecified atom stereocenters. The number of ether oxygens (including phenoxy) is 2. The van der Waals surface area contributed by atoms with Crippen LogP contribution in [0.3, 0.4) is 0 Å². The molecule has 0 aliphatic rings. The van der Waals surface area contributed by atoms with Crippen LogP contribution in [-0.2, 0) is 4.79 Å². The molecule has 0 heterocycles. The summed E-state index contributed by atoms with van der Waals surface area (Å²) in [5, 5.41) is 8.78. The normalized spacial score (nSPS) is 10.5. The third kappa shape index (κ3) is 3.83. The van der Waals surface area contributed by atoms with Crippen molar-refractivity contribution in [3.63, 3.8) is 0 Å². The molecule has 0 spiro atoms. The molecular weight excluding hydrogens is 220 g/mol. The number of hydrogen-bond donors (Lipinski definition) is 1. The second kappa shape index (κ2) is 6.58. The predicted molar refractivity (Wildman–Crippen MR) is 65.2 cm³/mol. The van der Waals surface area contributed by atoms with Gasteiger partial charge in [-0.05, 0) is 30.7 Å². The van der Waals surface area contributed by atoms with Crippen LogP contribution >= 0.6 is 0 Å². The zero-order valence-corrected chi connectivity index (χ0v) is 9.97. The molecule has 4 nitrogen and oxygen atoms in total. The first-order valence-corrected chi connectivity index (χ1v) is 5.40. The number of esters is 1. The maximum atomic E-state index is 11.4. The third-order valence-electron chi connectivity index (χ3n) is 2.15. The molecular formula is C13H16O4. The van der Waals surface area contributed by atoms with Crippen molar-refractivity contribution in [1.29, 1.82) is 0 Å². The smallest absolute Gasteiger partial charge is 0.311 e. The monoisotopic (exact) mass is 236 g/mol. The van der Waals surface area contributed by atoms with E-state index in [4.69, 9.17) is 14.6 Å². The SMILES string of the molecule is CCCC(=O)Oc1ccc(OC)cc1C=CO. The molecule has 0 atom stereocenters. The average Bonchev–Trinajstić information content (AvgIpc) is 2.32. The van der Waals surface area contributed by atoms with Crippen LogP contribution in [0.25, 0.3) is 6.08 Å². The lowest BCUT2D eigenvalue weighted by Crippen LogP contribution is -2.07. The van der Waals surface area contributed by atoms with Crippen molar-refractivity contribution in [2.75, 3.05) is 7.11 Å². The molecule has 0 aliphatic carbocycles. The molecule has 0 bridgehead atoms. The van der Waals surface area contributed by atoms with Gasteiger partial charge in [0.25, 0.3) is 0 Å². The Morgan fingerprint density at radius 1 is 1.47 bits per heavy atom. The number of rotatable bonds is 5. The van der Waals surface area contributed by atoms with Gasteiger partial charge in [0.05, 0.1) is 13.4 Å². The van der Waals surface area contributed by atoms with Gasteiger partial charge in [0.2, 0.25) is 0 Å². The molecule has 1 rings (SSSR count). The number of carbonyl (C=O) groups excluding carboxylic acids is 1. The highest BCUT2D eigenvalue weighted by Gasteiger charge is 2.08. The quantitative estimate of drug-likeness (QED) is 0.485. The molecule has 92 valence electrons. The first kappa shape index (κ1) is 13.1. The average molecular weight is 236 g/mol. The van der Waals surface area contributed by atoms with Gasteiger partial charge in [-0.1, -0.05) is 6.92 Å². The number of methoxy groups -OCH3 is 1. The summed E-state index contributed by atoms with van der Waals surface area (Å²) in [7, 11) is 1.55. The van der Waals surface area contributed by atoms with Crippen LogP contribution in [0.1, 0.15) is 25.3 Å². The van der Waals surface area contributed by atoms with E-state index < -0.39 is 0 Å². The van der Waals surface area contributed by atoms with Gasteiger partial charge in [-0.3, -0.25) is 4.79 Å². The van der Waals surface area contributed by atoms with Gasteiger partial charge >= 0.3 is 5.97 Å². The summed E-state index contributed by atoms with van der Waals surface area (Å²) in [5.41, 5.74) is 0.594. The summed E-state index contributed by atoms with van der Waals surface area (Å²) in [6, 6.07) is 5.02. The van der Waals surface area contributed by atoms with Gasteiger partial charge in [0, 0.05) is 12.0 Å². The Hall–Kier alpha value is -1.97. The molecule has 17 heavy (non-hydrogen) atoms. The van der Waals surface area contributed by atoms with Gasteiger partial charge in [0.1, 0.15) is 11.5 Å². The fraction of sp³-hybridized carbons (Fsp3) is 0.308. The van der Waals surface area contributed by atoms with E-state index in [0.717, 1.165) is 12.7 Å². The molecule has 1 N–H and O–H groups in total. The van der Waals surface area contributed by atoms with Crippen LogP contribution in [0.4, 0.5) is 0 Å². The van der Waals surface area contributed by atoms with E-state index in [-0.39, 0.29) is 5.97 Å². The van der Waals surface area contributed by atoms with Crippen LogP contribution in [-0.4, -0.2) is 18.2 Å². The van der Waals surface area contributed by atoms with E-state index in [1.165, 1.54) is 6.08 Å². The minimum atomic E-state index is -0.287. The van der Waals surface area contributed by atoms with Gasteiger partial charge in [0.15, 0.2) is 0 Å². The Morgan fingerprint density at radius 2 is 2.24 bits per heavy atom. The summed E-state index contributed by atoms with van der Waals surface area (Å²) in [4.78, 5) is 11.4. The van der Waals surface area contributed by atoms with Crippen LogP contribution in [0.15, 0.2) is 24.5 Å². The van der Waals surface area contributed by atoms with Crippen molar-refractivity contribution in [2.45, 2.75) is 19.8 Å². The minimum absolute atomic E-state index is 0.287. The van der Waals surface area contributed by atoms with E-state index in [1.807, 2.05) is 6.92 Å². The standard InChI is InChI=1S/C13H16O4/c1-3-4-13(15)17-12-6-5-11(16-2)9-10(12)7-8-14/h5-9,14H,3-4H2,1-2H3. The number of aliphatic hydroxyl groups excluding tert-OH is 1. The lowest BCUT2D eigenvalue weighted by Gasteiger charge is -2.08. The number of aliphatic hydroxyl groups is 1. The van der Waals surface area contributed by atoms with Crippen molar-refractivity contribution in [2.24, 2.45) is 0 Å². The van der Waals surface area contributed by atoms with Crippen LogP contribution < -0.4 is 9.47 Å². The van der Waals surface area contributed by atoms with E-state index in [2.05, 4.69) is 0 Å². The summed E-state index contributed by atoms with van der Waals surface area (Å²) in [5.74, 6) is 0.758. The molecule has 0 aromatic heterocycles. The lowest BCUT2D eigenvalue weighted by atomic mass is 10.2. The molecule has 0 amide bonds. The van der Waals surface area contributed by atoms with Crippen molar-refractivity contribution in [1.82, 2.24) is 0 Å². The topological polar surface area (TPSA) is 55.8 Å². The van der Waals surface area contributed by atoms with E-state index in [1.54, 1.807) is 25.3 Å². The Morgan fingerprint density at radius 3 is 2.82 bits per heavy atom. The molecule has 0 aliphatic heterocycles. The summed E-state index contributed by atoms with van der Waals surface area (Å²) < 4.78 is 10.2. The van der Waals surface area contributed by atoms with Crippen molar-refractivity contribution < 1.29 is 19.4 Å². The summed E-state index contributed by atoms with van der Waals surface area (Å²) in [6.45, 7) is 1.91. The van der Waals surface area contributed by atoms with Gasteiger partial charge in [-0.25, -0.2) is 0 Å². The Bertz CT molecular complexity index is 410. The molecule has 0 fully saturated rings. The van der Waals surface area contributed by atoms with Gasteiger partial charge in [-0.15, -0.1) is 0 Å². The molecule has 0 saturated carbocycles. The summed E-state index contributed by atoms with van der Waals surface area (Å²) in [6.07, 6.45) is 3.44. The summed E-state index contributed by atoms with van der Waals surface area (Å²) >= 11 is 0. The Kier molecular flexibility index (Phi) is 5.07. The second-order valence-corrected chi connectivity index (χ2v) is 3.44. The van der Waals surface area contributed by atoms with Crippen molar-refractivity contribution in [3.05, 3.63) is 30.0 Å². The zero-order valence-electron chi connectivity index (χ0n) is 9.97. The second-order valence-electron chi connectivity index (χ2n) is 3.44. The first-order valence-electron chi connectivity index (χ1n) is 5.40. The number of carbonyl (C=O) groups is 1. The van der Waals surface area contributed by atoms with Crippen LogP contribution in [0.5, 0.6) is 11.5 Å². The molecule has 1 aromatic carbocycles. The first-order chi connectivity index (χ1) is 8.21. The Labute approximate surface area is 100 Å². The largest absolute Gasteiger partial charge is 0.516 e. The van der Waals surface area contributed by atoms with E-state index >= 15 is 0 Å². The number of benzene rings is 1. The van der Waals surface area contributed by atoms with Crippen molar-refractivity contribution in [3.8, 4) is 11.5 Å². The highest BCUT2D eigenvalue weighted by Crippen LogP contribution is 2.25. The van der Waals surface area contributed by atoms with E-state index in [9.17, 15) is 4.79 Å². The molecule has 0 saturated heterocycles. The molecule has 4 heteroatoms. The highest BCUT2D eigenvalue weighted by atomic mass is 16.5. The van der Waals surface area contributed by atoms with E-state index in [0.29, 0.717) is 23.5 Å². The highest BCUT2D eigenvalue weighted by molar-refractivity contribution is 5.74. The maximum Gasteiger partial charge on any atom is 0.311 e. The molecule has 0 radical (unpaired) electrons. The minimum Gasteiger partial charge on any atom is -0.516 e. The van der Waals surface area contributed by atoms with Crippen LogP contribution in [0, 0.1) is 0 Å². The van der Waals surface area contributed by atoms with Gasteiger partial charge in [-0.2, -0.15) is 0 Å². The lowest BCUT2D eigenvalue weighted by molar-refractivity contribution is -0.134. The van der Waals surface area contributed by atoms with Gasteiger partial charge < -0.3 is 14.6 Å². The third-order valence-corrected chi connectivity index (χ3v) is 2.15. The predicted octanol–water partition coefficient (Wildman–Crippen LogP) is 2.93.